The molecule has 1 aromatic rings. The van der Waals surface area contributed by atoms with Gasteiger partial charge in [-0.3, -0.25) is 0 Å². The molecular weight excluding hydrogens is 210 g/mol. The van der Waals surface area contributed by atoms with E-state index in [-0.39, 0.29) is 0 Å². The van der Waals surface area contributed by atoms with Crippen LogP contribution in [0.25, 0.3) is 6.08 Å². The molecule has 0 aliphatic carbocycles. The van der Waals surface area contributed by atoms with Gasteiger partial charge < -0.3 is 10.1 Å². The number of benzene rings is 1. The smallest absolute Gasteiger partial charge is 0.119 e. The van der Waals surface area contributed by atoms with Gasteiger partial charge in [0, 0.05) is 6.04 Å². The highest BCUT2D eigenvalue weighted by atomic mass is 16.5. The van der Waals surface area contributed by atoms with Crippen molar-refractivity contribution in [1.29, 1.82) is 0 Å². The Kier molecular flexibility index (Phi) is 5.50. The standard InChI is InChI=1S/C15H21NO/c1-5-10-17-15-8-6-14(7-9-15)11-12(2)13(3)16-4/h5-9,11,13,16H,1,10H2,2-4H3/b12-11+. The molecular formula is C15H21NO. The first kappa shape index (κ1) is 13.5. The molecule has 0 saturated carbocycles. The molecule has 0 aromatic heterocycles. The number of hydrogen-bond acceptors (Lipinski definition) is 2. The van der Waals surface area contributed by atoms with Crippen molar-refractivity contribution in [2.24, 2.45) is 0 Å². The van der Waals surface area contributed by atoms with Gasteiger partial charge in [-0.2, -0.15) is 0 Å². The molecule has 1 unspecified atom stereocenters. The maximum atomic E-state index is 5.43. The van der Waals surface area contributed by atoms with Crippen LogP contribution in [-0.4, -0.2) is 19.7 Å². The summed E-state index contributed by atoms with van der Waals surface area (Å²) in [6.45, 7) is 8.44. The van der Waals surface area contributed by atoms with E-state index < -0.39 is 0 Å². The van der Waals surface area contributed by atoms with Gasteiger partial charge in [-0.25, -0.2) is 0 Å². The third kappa shape index (κ3) is 4.45. The van der Waals surface area contributed by atoms with Crippen molar-refractivity contribution in [2.75, 3.05) is 13.7 Å². The summed E-state index contributed by atoms with van der Waals surface area (Å²) in [5, 5.41) is 3.22. The molecule has 1 rings (SSSR count). The lowest BCUT2D eigenvalue weighted by Gasteiger charge is -2.10. The van der Waals surface area contributed by atoms with Gasteiger partial charge in [0.15, 0.2) is 0 Å². The highest BCUT2D eigenvalue weighted by molar-refractivity contribution is 5.54. The number of nitrogens with one attached hydrogen (secondary N) is 1. The zero-order valence-electron chi connectivity index (χ0n) is 10.9. The molecule has 2 heteroatoms. The molecule has 0 fully saturated rings. The first-order valence-electron chi connectivity index (χ1n) is 5.86. The van der Waals surface area contributed by atoms with Crippen LogP contribution in [0.1, 0.15) is 19.4 Å². The first-order valence-corrected chi connectivity index (χ1v) is 5.86. The highest BCUT2D eigenvalue weighted by Crippen LogP contribution is 2.15. The largest absolute Gasteiger partial charge is 0.490 e. The zero-order chi connectivity index (χ0) is 12.7. The molecule has 0 saturated heterocycles. The normalized spacial score (nSPS) is 13.2. The summed E-state index contributed by atoms with van der Waals surface area (Å²) in [5.74, 6) is 0.876. The van der Waals surface area contributed by atoms with E-state index in [0.29, 0.717) is 12.6 Å². The van der Waals surface area contributed by atoms with Crippen molar-refractivity contribution in [3.8, 4) is 5.75 Å². The molecule has 0 spiro atoms. The monoisotopic (exact) mass is 231 g/mol. The van der Waals surface area contributed by atoms with Gasteiger partial charge in [0.1, 0.15) is 12.4 Å². The van der Waals surface area contributed by atoms with Crippen molar-refractivity contribution in [2.45, 2.75) is 19.9 Å². The van der Waals surface area contributed by atoms with E-state index in [1.54, 1.807) is 6.08 Å². The molecule has 1 aromatic carbocycles. The minimum absolute atomic E-state index is 0.395. The Labute approximate surface area is 104 Å². The van der Waals surface area contributed by atoms with Gasteiger partial charge in [-0.1, -0.05) is 36.4 Å². The zero-order valence-corrected chi connectivity index (χ0v) is 10.9. The van der Waals surface area contributed by atoms with Crippen molar-refractivity contribution >= 4 is 6.08 Å². The Morgan fingerprint density at radius 2 is 2.06 bits per heavy atom. The van der Waals surface area contributed by atoms with E-state index in [0.717, 1.165) is 5.75 Å². The van der Waals surface area contributed by atoms with Crippen LogP contribution in [0, 0.1) is 0 Å². The van der Waals surface area contributed by atoms with Crippen LogP contribution in [0.2, 0.25) is 0 Å². The third-order valence-electron chi connectivity index (χ3n) is 2.76. The van der Waals surface area contributed by atoms with E-state index in [2.05, 4.69) is 44.0 Å². The molecule has 2 nitrogen and oxygen atoms in total. The molecule has 0 aliphatic rings. The van der Waals surface area contributed by atoms with Gasteiger partial charge in [0.2, 0.25) is 0 Å². The molecule has 0 aliphatic heterocycles. The number of ether oxygens (including phenoxy) is 1. The highest BCUT2D eigenvalue weighted by Gasteiger charge is 2.00. The van der Waals surface area contributed by atoms with E-state index in [4.69, 9.17) is 4.74 Å². The fraction of sp³-hybridized carbons (Fsp3) is 0.333. The van der Waals surface area contributed by atoms with E-state index in [1.165, 1.54) is 11.1 Å². The quantitative estimate of drug-likeness (QED) is 0.759. The van der Waals surface area contributed by atoms with E-state index >= 15 is 0 Å². The minimum Gasteiger partial charge on any atom is -0.490 e. The van der Waals surface area contributed by atoms with Crippen LogP contribution in [0.4, 0.5) is 0 Å². The molecule has 0 heterocycles. The Morgan fingerprint density at radius 3 is 2.59 bits per heavy atom. The van der Waals surface area contributed by atoms with Gasteiger partial charge in [0.25, 0.3) is 0 Å². The molecule has 0 radical (unpaired) electrons. The maximum Gasteiger partial charge on any atom is 0.119 e. The van der Waals surface area contributed by atoms with Crippen molar-refractivity contribution in [1.82, 2.24) is 5.32 Å². The van der Waals surface area contributed by atoms with Gasteiger partial charge in [0.05, 0.1) is 0 Å². The SMILES string of the molecule is C=CCOc1ccc(/C=C(\C)C(C)NC)cc1. The molecule has 1 atom stereocenters. The fourth-order valence-corrected chi connectivity index (χ4v) is 1.43. The summed E-state index contributed by atoms with van der Waals surface area (Å²) in [6, 6.07) is 8.47. The second-order valence-corrected chi connectivity index (χ2v) is 4.07. The second-order valence-electron chi connectivity index (χ2n) is 4.07. The van der Waals surface area contributed by atoms with Crippen molar-refractivity contribution in [3.63, 3.8) is 0 Å². The number of likely N-dealkylation sites (N-methyl/N-ethyl adjacent to an activating group) is 1. The molecule has 1 N–H and O–H groups in total. The summed E-state index contributed by atoms with van der Waals surface area (Å²) in [7, 11) is 1.97. The summed E-state index contributed by atoms with van der Waals surface area (Å²) >= 11 is 0. The topological polar surface area (TPSA) is 21.3 Å². The average molecular weight is 231 g/mol. The summed E-state index contributed by atoms with van der Waals surface area (Å²) in [5.41, 5.74) is 2.50. The lowest BCUT2D eigenvalue weighted by Crippen LogP contribution is -2.21. The predicted octanol–water partition coefficient (Wildman–Crippen LogP) is 3.26. The average Bonchev–Trinajstić information content (AvgIpc) is 2.37. The lowest BCUT2D eigenvalue weighted by molar-refractivity contribution is 0.363. The van der Waals surface area contributed by atoms with Crippen LogP contribution in [0.15, 0.2) is 42.5 Å². The predicted molar refractivity (Wildman–Crippen MR) is 74.3 cm³/mol. The molecule has 0 amide bonds. The van der Waals surface area contributed by atoms with Crippen LogP contribution in [0.3, 0.4) is 0 Å². The van der Waals surface area contributed by atoms with Crippen LogP contribution < -0.4 is 10.1 Å². The lowest BCUT2D eigenvalue weighted by atomic mass is 10.1. The van der Waals surface area contributed by atoms with Crippen LogP contribution >= 0.6 is 0 Å². The van der Waals surface area contributed by atoms with Crippen molar-refractivity contribution in [3.05, 3.63) is 48.1 Å². The fourth-order valence-electron chi connectivity index (χ4n) is 1.43. The minimum atomic E-state index is 0.395. The van der Waals surface area contributed by atoms with Crippen LogP contribution in [0.5, 0.6) is 5.75 Å². The second kappa shape index (κ2) is 6.92. The number of hydrogen-bond donors (Lipinski definition) is 1. The van der Waals surface area contributed by atoms with Gasteiger partial charge in [-0.05, 0) is 38.6 Å². The molecule has 0 bridgehead atoms. The van der Waals surface area contributed by atoms with Crippen LogP contribution in [-0.2, 0) is 0 Å². The molecule has 17 heavy (non-hydrogen) atoms. The Bertz CT molecular complexity index is 378. The van der Waals surface area contributed by atoms with Gasteiger partial charge in [-0.15, -0.1) is 0 Å². The maximum absolute atomic E-state index is 5.43. The first-order chi connectivity index (χ1) is 8.17. The van der Waals surface area contributed by atoms with Gasteiger partial charge >= 0.3 is 0 Å². The summed E-state index contributed by atoms with van der Waals surface area (Å²) < 4.78 is 5.43. The van der Waals surface area contributed by atoms with Crippen molar-refractivity contribution < 1.29 is 4.74 Å². The summed E-state index contributed by atoms with van der Waals surface area (Å²) in [4.78, 5) is 0. The molecule has 92 valence electrons. The summed E-state index contributed by atoms with van der Waals surface area (Å²) in [6.07, 6.45) is 3.92. The Morgan fingerprint density at radius 1 is 1.41 bits per heavy atom. The van der Waals surface area contributed by atoms with E-state index in [9.17, 15) is 0 Å². The Hall–Kier alpha value is -1.54. The van der Waals surface area contributed by atoms with E-state index in [1.807, 2.05) is 19.2 Å². The third-order valence-corrected chi connectivity index (χ3v) is 2.76. The Balaban J connectivity index is 2.70. The number of rotatable bonds is 6.